The van der Waals surface area contributed by atoms with E-state index >= 15 is 0 Å². The van der Waals surface area contributed by atoms with Crippen molar-refractivity contribution in [3.8, 4) is 22.3 Å². The average molecular weight is 445 g/mol. The molecule has 34 heavy (non-hydrogen) atoms. The molecule has 4 nitrogen and oxygen atoms in total. The van der Waals surface area contributed by atoms with Gasteiger partial charge in [-0.2, -0.15) is 0 Å². The summed E-state index contributed by atoms with van der Waals surface area (Å²) < 4.78 is 11.2. The Morgan fingerprint density at radius 3 is 2.18 bits per heavy atom. The molecule has 3 aliphatic rings. The minimum absolute atomic E-state index is 0.219. The number of ether oxygens (including phenoxy) is 1. The van der Waals surface area contributed by atoms with Crippen molar-refractivity contribution in [3.63, 3.8) is 0 Å². The fraction of sp³-hybridized carbons (Fsp3) is 0.233. The first kappa shape index (κ1) is 18.6. The number of benzene rings is 3. The first-order chi connectivity index (χ1) is 16.5. The predicted octanol–water partition coefficient (Wildman–Crippen LogP) is 6.68. The van der Waals surface area contributed by atoms with Crippen LogP contribution in [0.1, 0.15) is 52.3 Å². The highest BCUT2D eigenvalue weighted by Crippen LogP contribution is 2.64. The Morgan fingerprint density at radius 1 is 0.735 bits per heavy atom. The summed E-state index contributed by atoms with van der Waals surface area (Å²) in [7, 11) is 0. The van der Waals surface area contributed by atoms with Gasteiger partial charge in [-0.25, -0.2) is 4.79 Å². The van der Waals surface area contributed by atoms with Gasteiger partial charge < -0.3 is 13.9 Å². The van der Waals surface area contributed by atoms with Crippen LogP contribution in [0.25, 0.3) is 44.1 Å². The molecule has 0 bridgehead atoms. The van der Waals surface area contributed by atoms with Crippen molar-refractivity contribution in [1.82, 2.24) is 9.13 Å². The van der Waals surface area contributed by atoms with Gasteiger partial charge in [0.05, 0.1) is 5.56 Å². The van der Waals surface area contributed by atoms with E-state index in [1.807, 2.05) is 6.07 Å². The first-order valence-electron chi connectivity index (χ1n) is 12.2. The summed E-state index contributed by atoms with van der Waals surface area (Å²) in [4.78, 5) is 13.4. The Morgan fingerprint density at radius 2 is 1.41 bits per heavy atom. The van der Waals surface area contributed by atoms with Gasteiger partial charge in [-0.05, 0) is 57.0 Å². The van der Waals surface area contributed by atoms with Crippen molar-refractivity contribution < 1.29 is 9.53 Å². The molecule has 1 aliphatic heterocycles. The van der Waals surface area contributed by atoms with E-state index in [0.29, 0.717) is 5.56 Å². The molecule has 0 fully saturated rings. The standard InChI is InChI=1S/C30H24N2O2/c1-5-31-15(3)23-24-17(9-7-11-21(24)31)18-13-14-19-28(25(18)23)30(34-29(19)33)20-10-8-12-22-26(20)27(30)16(4)32(22)6-2/h7-14H,5-6H2,1-4H3. The fourth-order valence-electron chi connectivity index (χ4n) is 7.42. The molecule has 3 heterocycles. The Bertz CT molecular complexity index is 1800. The molecule has 1 atom stereocenters. The second-order valence-electron chi connectivity index (χ2n) is 9.79. The Labute approximate surface area is 197 Å². The maximum absolute atomic E-state index is 13.4. The smallest absolute Gasteiger partial charge is 0.340 e. The van der Waals surface area contributed by atoms with E-state index < -0.39 is 5.60 Å². The third kappa shape index (κ3) is 1.66. The van der Waals surface area contributed by atoms with Crippen LogP contribution in [0.2, 0.25) is 0 Å². The van der Waals surface area contributed by atoms with Crippen molar-refractivity contribution in [1.29, 1.82) is 0 Å². The van der Waals surface area contributed by atoms with E-state index in [4.69, 9.17) is 4.74 Å². The average Bonchev–Trinajstić information content (AvgIpc) is 3.51. The lowest BCUT2D eigenvalue weighted by molar-refractivity contribution is 0.0230. The lowest BCUT2D eigenvalue weighted by Crippen LogP contribution is -2.37. The number of hydrogen-bond acceptors (Lipinski definition) is 2. The molecule has 0 saturated carbocycles. The molecule has 1 unspecified atom stereocenters. The highest BCUT2D eigenvalue weighted by Gasteiger charge is 2.59. The SMILES string of the molecule is CCn1c(C)c2c3c(cccc31)-c1ccc3c(c1-2)C1(OC3=O)c2cccc3c2c1c(C)n3CC. The topological polar surface area (TPSA) is 36.2 Å². The number of esters is 1. The van der Waals surface area contributed by atoms with Gasteiger partial charge in [0.1, 0.15) is 0 Å². The van der Waals surface area contributed by atoms with E-state index in [-0.39, 0.29) is 5.97 Å². The van der Waals surface area contributed by atoms with Crippen molar-refractivity contribution in [2.45, 2.75) is 46.4 Å². The number of aromatic nitrogens is 2. The van der Waals surface area contributed by atoms with Crippen LogP contribution in [-0.4, -0.2) is 15.1 Å². The third-order valence-corrected chi connectivity index (χ3v) is 8.63. The number of hydrogen-bond donors (Lipinski definition) is 0. The van der Waals surface area contributed by atoms with Crippen LogP contribution in [0.4, 0.5) is 0 Å². The molecule has 2 aromatic heterocycles. The minimum atomic E-state index is -0.827. The maximum atomic E-state index is 13.4. The van der Waals surface area contributed by atoms with E-state index in [2.05, 4.69) is 79.3 Å². The Kier molecular flexibility index (Phi) is 3.09. The zero-order valence-electron chi connectivity index (χ0n) is 19.7. The van der Waals surface area contributed by atoms with Gasteiger partial charge in [-0.1, -0.05) is 30.3 Å². The monoisotopic (exact) mass is 444 g/mol. The number of nitrogens with zero attached hydrogens (tertiary/aromatic N) is 2. The van der Waals surface area contributed by atoms with Crippen molar-refractivity contribution in [2.24, 2.45) is 0 Å². The zero-order valence-corrected chi connectivity index (χ0v) is 19.7. The van der Waals surface area contributed by atoms with Gasteiger partial charge in [0, 0.05) is 74.1 Å². The molecule has 0 N–H and O–H groups in total. The number of aryl methyl sites for hydroxylation is 2. The van der Waals surface area contributed by atoms with Crippen LogP contribution in [0.3, 0.4) is 0 Å². The summed E-state index contributed by atoms with van der Waals surface area (Å²) >= 11 is 0. The summed E-state index contributed by atoms with van der Waals surface area (Å²) in [6.45, 7) is 10.6. The van der Waals surface area contributed by atoms with Gasteiger partial charge in [0.25, 0.3) is 0 Å². The molecule has 0 saturated heterocycles. The van der Waals surface area contributed by atoms with Gasteiger partial charge >= 0.3 is 5.97 Å². The largest absolute Gasteiger partial charge is 0.440 e. The van der Waals surface area contributed by atoms with Crippen LogP contribution in [0, 0.1) is 13.8 Å². The van der Waals surface area contributed by atoms with E-state index in [0.717, 1.165) is 24.2 Å². The van der Waals surface area contributed by atoms with Crippen molar-refractivity contribution >= 4 is 27.8 Å². The Balaban J connectivity index is 1.55. The minimum Gasteiger partial charge on any atom is -0.440 e. The second kappa shape index (κ2) is 5.64. The van der Waals surface area contributed by atoms with E-state index in [1.54, 1.807) is 0 Å². The molecule has 0 amide bonds. The summed E-state index contributed by atoms with van der Waals surface area (Å²) in [6, 6.07) is 17.2. The highest BCUT2D eigenvalue weighted by atomic mass is 16.6. The maximum Gasteiger partial charge on any atom is 0.340 e. The summed E-state index contributed by atoms with van der Waals surface area (Å²) in [5, 5.41) is 2.56. The quantitative estimate of drug-likeness (QED) is 0.280. The normalized spacial score (nSPS) is 18.6. The molecule has 3 aromatic carbocycles. The fourth-order valence-corrected chi connectivity index (χ4v) is 7.42. The number of fused-ring (bicyclic) bond motifs is 8. The summed E-state index contributed by atoms with van der Waals surface area (Å²) in [5.41, 5.74) is 13.1. The molecule has 1 spiro atoms. The third-order valence-electron chi connectivity index (χ3n) is 8.63. The molecule has 0 radical (unpaired) electrons. The molecule has 166 valence electrons. The van der Waals surface area contributed by atoms with Crippen LogP contribution in [0.15, 0.2) is 48.5 Å². The number of rotatable bonds is 2. The van der Waals surface area contributed by atoms with E-state index in [9.17, 15) is 4.79 Å². The van der Waals surface area contributed by atoms with Crippen LogP contribution >= 0.6 is 0 Å². The predicted molar refractivity (Wildman–Crippen MR) is 134 cm³/mol. The van der Waals surface area contributed by atoms with Gasteiger partial charge in [-0.3, -0.25) is 0 Å². The highest BCUT2D eigenvalue weighted by molar-refractivity contribution is 6.20. The van der Waals surface area contributed by atoms with Crippen molar-refractivity contribution in [3.05, 3.63) is 82.2 Å². The zero-order chi connectivity index (χ0) is 23.1. The lowest BCUT2D eigenvalue weighted by atomic mass is 9.67. The Hall–Kier alpha value is -3.79. The first-order valence-corrected chi connectivity index (χ1v) is 12.2. The van der Waals surface area contributed by atoms with Crippen molar-refractivity contribution in [2.75, 3.05) is 0 Å². The molecular formula is C30H24N2O2. The molecule has 4 heteroatoms. The van der Waals surface area contributed by atoms with Crippen LogP contribution in [-0.2, 0) is 23.4 Å². The van der Waals surface area contributed by atoms with Crippen LogP contribution < -0.4 is 0 Å². The van der Waals surface area contributed by atoms with Gasteiger partial charge in [0.2, 0.25) is 0 Å². The second-order valence-corrected chi connectivity index (χ2v) is 9.79. The van der Waals surface area contributed by atoms with Gasteiger partial charge in [-0.15, -0.1) is 0 Å². The molecule has 2 aliphatic carbocycles. The molecule has 5 aromatic rings. The molecular weight excluding hydrogens is 420 g/mol. The summed E-state index contributed by atoms with van der Waals surface area (Å²) in [5.74, 6) is -0.219. The summed E-state index contributed by atoms with van der Waals surface area (Å²) in [6.07, 6.45) is 0. The number of carbonyl (C=O) groups is 1. The number of carbonyl (C=O) groups excluding carboxylic acids is 1. The lowest BCUT2D eigenvalue weighted by Gasteiger charge is -2.39. The van der Waals surface area contributed by atoms with Crippen LogP contribution in [0.5, 0.6) is 0 Å². The van der Waals surface area contributed by atoms with Gasteiger partial charge in [0.15, 0.2) is 5.60 Å². The molecule has 8 rings (SSSR count). The van der Waals surface area contributed by atoms with E-state index in [1.165, 1.54) is 61.0 Å².